The average molecular weight is 427 g/mol. The maximum Gasteiger partial charge on any atom is 0.220 e. The second-order valence-electron chi connectivity index (χ2n) is 4.67. The SMILES string of the molecule is CCN[C@H](C)CNC(=O)CCCOc1ccc(I)cc1.Cl. The van der Waals surface area contributed by atoms with Gasteiger partial charge in [0.15, 0.2) is 0 Å². The maximum absolute atomic E-state index is 11.6. The molecule has 0 unspecified atom stereocenters. The summed E-state index contributed by atoms with van der Waals surface area (Å²) in [5.74, 6) is 0.938. The second-order valence-corrected chi connectivity index (χ2v) is 5.91. The van der Waals surface area contributed by atoms with E-state index in [0.29, 0.717) is 25.6 Å². The zero-order valence-corrected chi connectivity index (χ0v) is 15.5. The maximum atomic E-state index is 11.6. The number of ether oxygens (including phenoxy) is 1. The van der Waals surface area contributed by atoms with Crippen LogP contribution in [-0.2, 0) is 4.79 Å². The summed E-state index contributed by atoms with van der Waals surface area (Å²) in [7, 11) is 0. The normalized spacial score (nSPS) is 11.4. The van der Waals surface area contributed by atoms with Crippen molar-refractivity contribution in [3.63, 3.8) is 0 Å². The predicted octanol–water partition coefficient (Wildman–Crippen LogP) is 2.99. The zero-order chi connectivity index (χ0) is 14.8. The molecule has 21 heavy (non-hydrogen) atoms. The Kier molecular flexibility index (Phi) is 11.8. The lowest BCUT2D eigenvalue weighted by atomic mass is 10.3. The van der Waals surface area contributed by atoms with E-state index in [1.54, 1.807) is 0 Å². The molecule has 0 spiro atoms. The highest BCUT2D eigenvalue weighted by molar-refractivity contribution is 14.1. The molecule has 0 heterocycles. The van der Waals surface area contributed by atoms with Gasteiger partial charge in [0, 0.05) is 22.6 Å². The lowest BCUT2D eigenvalue weighted by Crippen LogP contribution is -2.38. The highest BCUT2D eigenvalue weighted by Gasteiger charge is 2.04. The van der Waals surface area contributed by atoms with E-state index in [1.165, 1.54) is 3.57 Å². The van der Waals surface area contributed by atoms with Crippen molar-refractivity contribution in [2.75, 3.05) is 19.7 Å². The fourth-order valence-corrected chi connectivity index (χ4v) is 2.09. The van der Waals surface area contributed by atoms with Crippen molar-refractivity contribution in [1.29, 1.82) is 0 Å². The number of rotatable bonds is 9. The summed E-state index contributed by atoms with van der Waals surface area (Å²) in [6, 6.07) is 8.21. The number of likely N-dealkylation sites (N-methyl/N-ethyl adjacent to an activating group) is 1. The molecule has 0 aliphatic heterocycles. The number of carbonyl (C=O) groups excluding carboxylic acids is 1. The van der Waals surface area contributed by atoms with Crippen LogP contribution in [0.5, 0.6) is 5.75 Å². The Morgan fingerprint density at radius 1 is 1.33 bits per heavy atom. The van der Waals surface area contributed by atoms with Crippen molar-refractivity contribution < 1.29 is 9.53 Å². The standard InChI is InChI=1S/C15H23IN2O2.ClH/c1-3-17-12(2)11-18-15(19)5-4-10-20-14-8-6-13(16)7-9-14;/h6-9,12,17H,3-5,10-11H2,1-2H3,(H,18,19);1H/t12-;/m1./s1. The number of carbonyl (C=O) groups is 1. The monoisotopic (exact) mass is 426 g/mol. The summed E-state index contributed by atoms with van der Waals surface area (Å²) in [5.41, 5.74) is 0. The Hall–Kier alpha value is -0.530. The van der Waals surface area contributed by atoms with Crippen LogP contribution in [0.2, 0.25) is 0 Å². The molecule has 120 valence electrons. The Morgan fingerprint density at radius 3 is 2.62 bits per heavy atom. The number of amides is 1. The van der Waals surface area contributed by atoms with Crippen LogP contribution in [-0.4, -0.2) is 31.6 Å². The minimum absolute atomic E-state index is 0. The third-order valence-corrected chi connectivity index (χ3v) is 3.51. The molecule has 1 amide bonds. The van der Waals surface area contributed by atoms with E-state index >= 15 is 0 Å². The number of benzene rings is 1. The summed E-state index contributed by atoms with van der Waals surface area (Å²) in [4.78, 5) is 11.6. The topological polar surface area (TPSA) is 50.4 Å². The van der Waals surface area contributed by atoms with Crippen molar-refractivity contribution in [2.45, 2.75) is 32.7 Å². The first-order valence-electron chi connectivity index (χ1n) is 7.00. The first-order chi connectivity index (χ1) is 9.61. The highest BCUT2D eigenvalue weighted by atomic mass is 127. The molecular formula is C15H24ClIN2O2. The van der Waals surface area contributed by atoms with Gasteiger partial charge in [-0.2, -0.15) is 0 Å². The first-order valence-corrected chi connectivity index (χ1v) is 8.08. The molecule has 0 fully saturated rings. The summed E-state index contributed by atoms with van der Waals surface area (Å²) in [6.45, 7) is 6.27. The number of nitrogens with one attached hydrogen (secondary N) is 2. The van der Waals surface area contributed by atoms with E-state index < -0.39 is 0 Å². The van der Waals surface area contributed by atoms with Crippen LogP contribution in [0.25, 0.3) is 0 Å². The molecule has 1 rings (SSSR count). The Balaban J connectivity index is 0.00000400. The van der Waals surface area contributed by atoms with Crippen molar-refractivity contribution >= 4 is 40.9 Å². The van der Waals surface area contributed by atoms with Gasteiger partial charge in [-0.3, -0.25) is 4.79 Å². The van der Waals surface area contributed by atoms with Gasteiger partial charge in [-0.1, -0.05) is 6.92 Å². The number of hydrogen-bond acceptors (Lipinski definition) is 3. The third kappa shape index (κ3) is 9.92. The largest absolute Gasteiger partial charge is 0.494 e. The van der Waals surface area contributed by atoms with E-state index in [1.807, 2.05) is 24.3 Å². The van der Waals surface area contributed by atoms with Gasteiger partial charge < -0.3 is 15.4 Å². The van der Waals surface area contributed by atoms with Crippen molar-refractivity contribution in [2.24, 2.45) is 0 Å². The lowest BCUT2D eigenvalue weighted by molar-refractivity contribution is -0.121. The van der Waals surface area contributed by atoms with Crippen LogP contribution in [0.3, 0.4) is 0 Å². The van der Waals surface area contributed by atoms with Crippen LogP contribution >= 0.6 is 35.0 Å². The molecule has 1 aromatic rings. The van der Waals surface area contributed by atoms with Crippen molar-refractivity contribution in [3.05, 3.63) is 27.8 Å². The second kappa shape index (κ2) is 12.1. The quantitative estimate of drug-likeness (QED) is 0.471. The average Bonchev–Trinajstić information content (AvgIpc) is 2.43. The molecule has 0 aliphatic rings. The smallest absolute Gasteiger partial charge is 0.220 e. The minimum Gasteiger partial charge on any atom is -0.494 e. The molecule has 0 bridgehead atoms. The predicted molar refractivity (Wildman–Crippen MR) is 97.3 cm³/mol. The van der Waals surface area contributed by atoms with Crippen molar-refractivity contribution in [1.82, 2.24) is 10.6 Å². The van der Waals surface area contributed by atoms with Gasteiger partial charge in [-0.15, -0.1) is 12.4 Å². The fraction of sp³-hybridized carbons (Fsp3) is 0.533. The van der Waals surface area contributed by atoms with Gasteiger partial charge in [0.2, 0.25) is 5.91 Å². The van der Waals surface area contributed by atoms with Crippen LogP contribution in [0.1, 0.15) is 26.7 Å². The molecule has 0 saturated carbocycles. The zero-order valence-electron chi connectivity index (χ0n) is 12.5. The van der Waals surface area contributed by atoms with E-state index in [2.05, 4.69) is 47.1 Å². The van der Waals surface area contributed by atoms with Crippen LogP contribution in [0.15, 0.2) is 24.3 Å². The van der Waals surface area contributed by atoms with Gasteiger partial charge in [0.25, 0.3) is 0 Å². The lowest BCUT2D eigenvalue weighted by Gasteiger charge is -2.13. The van der Waals surface area contributed by atoms with E-state index in [4.69, 9.17) is 4.74 Å². The molecule has 0 aliphatic carbocycles. The molecule has 0 saturated heterocycles. The Morgan fingerprint density at radius 2 is 2.00 bits per heavy atom. The van der Waals surface area contributed by atoms with Crippen LogP contribution in [0, 0.1) is 3.57 Å². The van der Waals surface area contributed by atoms with Crippen molar-refractivity contribution in [3.8, 4) is 5.75 Å². The summed E-state index contributed by atoms with van der Waals surface area (Å²) in [6.07, 6.45) is 1.23. The van der Waals surface area contributed by atoms with Gasteiger partial charge in [-0.05, 0) is 66.7 Å². The highest BCUT2D eigenvalue weighted by Crippen LogP contribution is 2.13. The summed E-state index contributed by atoms with van der Waals surface area (Å²) >= 11 is 2.26. The van der Waals surface area contributed by atoms with Crippen LogP contribution < -0.4 is 15.4 Å². The summed E-state index contributed by atoms with van der Waals surface area (Å²) < 4.78 is 6.76. The molecular weight excluding hydrogens is 403 g/mol. The third-order valence-electron chi connectivity index (χ3n) is 2.79. The van der Waals surface area contributed by atoms with Gasteiger partial charge in [0.1, 0.15) is 5.75 Å². The van der Waals surface area contributed by atoms with Gasteiger partial charge in [0.05, 0.1) is 6.61 Å². The Bertz CT molecular complexity index is 401. The van der Waals surface area contributed by atoms with E-state index in [0.717, 1.165) is 18.7 Å². The fourth-order valence-electron chi connectivity index (χ4n) is 1.73. The molecule has 6 heteroatoms. The number of halogens is 2. The molecule has 1 atom stereocenters. The molecule has 0 radical (unpaired) electrons. The molecule has 1 aromatic carbocycles. The molecule has 2 N–H and O–H groups in total. The first kappa shape index (κ1) is 20.5. The summed E-state index contributed by atoms with van der Waals surface area (Å²) in [5, 5.41) is 6.17. The van der Waals surface area contributed by atoms with Crippen LogP contribution in [0.4, 0.5) is 0 Å². The van der Waals surface area contributed by atoms with E-state index in [-0.39, 0.29) is 18.3 Å². The molecule has 0 aromatic heterocycles. The van der Waals surface area contributed by atoms with Gasteiger partial charge in [-0.25, -0.2) is 0 Å². The van der Waals surface area contributed by atoms with E-state index in [9.17, 15) is 4.79 Å². The van der Waals surface area contributed by atoms with Gasteiger partial charge >= 0.3 is 0 Å². The minimum atomic E-state index is 0. The number of hydrogen-bond donors (Lipinski definition) is 2. The molecule has 4 nitrogen and oxygen atoms in total. The Labute approximate surface area is 147 Å².